The second-order valence-corrected chi connectivity index (χ2v) is 17.1. The standard InChI is InChI=1S/C60H44N4.C2H6/c1-3-16-41(4-2)61-53-25-14-10-21-49(53)57-55(61)37-35-48-46-20-9-13-24-52(46)64(60(48)57)44-33-29-40(30-34-44)39-27-31-43(32-28-39)62-54-26-15-11-22-50(54)58-56(62)38-36-47-45-19-8-12-23-51(45)63(59(47)58)42-17-6-5-7-18-42;1-2/h3-9,11-20,22-38H,10,21H2,1-2H3;1-2H3/b16-3-,41-4+;. The molecule has 13 rings (SSSR count). The zero-order chi connectivity index (χ0) is 44.5. The molecule has 4 nitrogen and oxygen atoms in total. The lowest BCUT2D eigenvalue weighted by Gasteiger charge is -2.12. The van der Waals surface area contributed by atoms with E-state index in [2.05, 4.69) is 238 Å². The zero-order valence-corrected chi connectivity index (χ0v) is 37.8. The lowest BCUT2D eigenvalue weighted by molar-refractivity contribution is 0.974. The number of nitrogens with zero attached hydrogens (tertiary/aromatic N) is 4. The van der Waals surface area contributed by atoms with Gasteiger partial charge in [0.1, 0.15) is 0 Å². The molecule has 0 aliphatic heterocycles. The summed E-state index contributed by atoms with van der Waals surface area (Å²) >= 11 is 0. The van der Waals surface area contributed by atoms with E-state index >= 15 is 0 Å². The second-order valence-electron chi connectivity index (χ2n) is 17.1. The molecule has 0 spiro atoms. The van der Waals surface area contributed by atoms with E-state index in [0.717, 1.165) is 24.2 Å². The van der Waals surface area contributed by atoms with Crippen molar-refractivity contribution in [2.24, 2.45) is 0 Å². The Morgan fingerprint density at radius 1 is 0.439 bits per heavy atom. The van der Waals surface area contributed by atoms with Crippen molar-refractivity contribution in [1.29, 1.82) is 0 Å². The molecule has 66 heavy (non-hydrogen) atoms. The van der Waals surface area contributed by atoms with E-state index in [1.807, 2.05) is 13.8 Å². The van der Waals surface area contributed by atoms with Gasteiger partial charge in [0.15, 0.2) is 0 Å². The summed E-state index contributed by atoms with van der Waals surface area (Å²) in [5.41, 5.74) is 18.4. The number of hydrogen-bond acceptors (Lipinski definition) is 0. The number of para-hydroxylation sites is 4. The Morgan fingerprint density at radius 2 is 0.939 bits per heavy atom. The van der Waals surface area contributed by atoms with Gasteiger partial charge in [0.2, 0.25) is 0 Å². The molecule has 1 aliphatic rings. The molecule has 8 aromatic carbocycles. The Morgan fingerprint density at radius 3 is 1.53 bits per heavy atom. The molecule has 12 aromatic rings. The first kappa shape index (κ1) is 39.5. The molecule has 0 bridgehead atoms. The highest BCUT2D eigenvalue weighted by Crippen LogP contribution is 2.44. The average molecular weight is 851 g/mol. The van der Waals surface area contributed by atoms with Gasteiger partial charge < -0.3 is 18.3 Å². The summed E-state index contributed by atoms with van der Waals surface area (Å²) in [6.45, 7) is 8.24. The minimum atomic E-state index is 1.02. The smallest absolute Gasteiger partial charge is 0.0641 e. The van der Waals surface area contributed by atoms with Crippen LogP contribution in [0.25, 0.3) is 116 Å². The molecule has 0 saturated heterocycles. The van der Waals surface area contributed by atoms with Gasteiger partial charge in [-0.1, -0.05) is 141 Å². The number of hydrogen-bond donors (Lipinski definition) is 0. The van der Waals surface area contributed by atoms with E-state index in [0.29, 0.717) is 0 Å². The number of aromatic nitrogens is 4. The van der Waals surface area contributed by atoms with Crippen molar-refractivity contribution in [3.63, 3.8) is 0 Å². The molecule has 0 atom stereocenters. The molecule has 0 amide bonds. The van der Waals surface area contributed by atoms with Gasteiger partial charge in [-0.25, -0.2) is 0 Å². The molecule has 0 radical (unpaired) electrons. The van der Waals surface area contributed by atoms with Crippen LogP contribution in [0.15, 0.2) is 200 Å². The van der Waals surface area contributed by atoms with Gasteiger partial charge in [0.25, 0.3) is 0 Å². The fourth-order valence-corrected chi connectivity index (χ4v) is 11.0. The molecule has 0 fully saturated rings. The van der Waals surface area contributed by atoms with E-state index in [4.69, 9.17) is 0 Å². The molecule has 0 saturated carbocycles. The normalized spacial score (nSPS) is 13.0. The first-order valence-electron chi connectivity index (χ1n) is 23.5. The summed E-state index contributed by atoms with van der Waals surface area (Å²) in [5.74, 6) is 0. The quantitative estimate of drug-likeness (QED) is 0.149. The first-order valence-corrected chi connectivity index (χ1v) is 23.5. The third-order valence-electron chi connectivity index (χ3n) is 13.7. The van der Waals surface area contributed by atoms with Crippen LogP contribution in [0.5, 0.6) is 0 Å². The number of rotatable bonds is 6. The van der Waals surface area contributed by atoms with Crippen LogP contribution in [0.4, 0.5) is 0 Å². The van der Waals surface area contributed by atoms with Crippen molar-refractivity contribution in [2.75, 3.05) is 0 Å². The molecule has 4 heterocycles. The lowest BCUT2D eigenvalue weighted by Crippen LogP contribution is -2.00. The van der Waals surface area contributed by atoms with Crippen molar-refractivity contribution < 1.29 is 0 Å². The minimum Gasteiger partial charge on any atom is -0.310 e. The predicted molar refractivity (Wildman–Crippen MR) is 284 cm³/mol. The third kappa shape index (κ3) is 5.77. The van der Waals surface area contributed by atoms with E-state index in [1.165, 1.54) is 110 Å². The van der Waals surface area contributed by atoms with Crippen molar-refractivity contribution in [3.05, 3.63) is 211 Å². The number of allylic oxidation sites excluding steroid dienone is 5. The van der Waals surface area contributed by atoms with Crippen molar-refractivity contribution >= 4 is 88.1 Å². The summed E-state index contributed by atoms with van der Waals surface area (Å²) in [7, 11) is 0. The zero-order valence-electron chi connectivity index (χ0n) is 37.8. The highest BCUT2D eigenvalue weighted by atomic mass is 15.0. The second kappa shape index (κ2) is 15.9. The van der Waals surface area contributed by atoms with Crippen LogP contribution in [0.1, 0.15) is 45.4 Å². The van der Waals surface area contributed by atoms with E-state index in [-0.39, 0.29) is 0 Å². The number of aryl methyl sites for hydroxylation is 1. The number of benzene rings is 8. The van der Waals surface area contributed by atoms with Gasteiger partial charge in [-0.05, 0) is 122 Å². The molecule has 4 heteroatoms. The molecule has 0 N–H and O–H groups in total. The maximum Gasteiger partial charge on any atom is 0.0641 e. The Hall–Kier alpha value is -8.08. The fraction of sp³-hybridized carbons (Fsp3) is 0.0968. The fourth-order valence-electron chi connectivity index (χ4n) is 11.0. The van der Waals surface area contributed by atoms with Crippen LogP contribution in [-0.2, 0) is 6.42 Å². The van der Waals surface area contributed by atoms with E-state index < -0.39 is 0 Å². The molecule has 4 aromatic heterocycles. The topological polar surface area (TPSA) is 19.7 Å². The molecule has 1 aliphatic carbocycles. The highest BCUT2D eigenvalue weighted by molar-refractivity contribution is 6.26. The summed E-state index contributed by atoms with van der Waals surface area (Å²) in [6.07, 6.45) is 13.3. The predicted octanol–water partition coefficient (Wildman–Crippen LogP) is 17.0. The summed E-state index contributed by atoms with van der Waals surface area (Å²) in [5, 5.41) is 8.96. The Kier molecular flexibility index (Phi) is 9.50. The monoisotopic (exact) mass is 850 g/mol. The minimum absolute atomic E-state index is 1.02. The lowest BCUT2D eigenvalue weighted by atomic mass is 9.99. The Bertz CT molecular complexity index is 3930. The highest BCUT2D eigenvalue weighted by Gasteiger charge is 2.25. The number of fused-ring (bicyclic) bond motifs is 14. The van der Waals surface area contributed by atoms with Crippen molar-refractivity contribution in [3.8, 4) is 28.2 Å². The van der Waals surface area contributed by atoms with Gasteiger partial charge in [0.05, 0.1) is 38.6 Å². The third-order valence-corrected chi connectivity index (χ3v) is 13.7. The molecule has 318 valence electrons. The first-order chi connectivity index (χ1) is 32.7. The average Bonchev–Trinajstić information content (AvgIpc) is 4.12. The van der Waals surface area contributed by atoms with Gasteiger partial charge >= 0.3 is 0 Å². The van der Waals surface area contributed by atoms with Crippen molar-refractivity contribution in [2.45, 2.75) is 40.5 Å². The van der Waals surface area contributed by atoms with Gasteiger partial charge in [0, 0.05) is 66.2 Å². The van der Waals surface area contributed by atoms with Crippen LogP contribution in [0.3, 0.4) is 0 Å². The Labute approximate surface area is 384 Å². The van der Waals surface area contributed by atoms with Crippen LogP contribution < -0.4 is 0 Å². The van der Waals surface area contributed by atoms with E-state index in [9.17, 15) is 0 Å². The largest absolute Gasteiger partial charge is 0.310 e. The van der Waals surface area contributed by atoms with Crippen molar-refractivity contribution in [1.82, 2.24) is 18.3 Å². The maximum absolute atomic E-state index is 2.50. The Balaban J connectivity index is 0.00000225. The van der Waals surface area contributed by atoms with E-state index in [1.54, 1.807) is 0 Å². The molecular formula is C62H50N4. The van der Waals surface area contributed by atoms with Gasteiger partial charge in [-0.2, -0.15) is 0 Å². The SMILES string of the molecule is C/C=C\C(=C/C)n1c2c(c3c1ccc1c4ccccc4n(-c4ccc(-c5ccc(-n6c7ccccc7c7c6ccc6c8ccccc8n(-c8ccccc8)c67)cc5)cc4)c13)CCC=C2.CC. The van der Waals surface area contributed by atoms with Crippen LogP contribution >= 0.6 is 0 Å². The summed E-state index contributed by atoms with van der Waals surface area (Å²) in [4.78, 5) is 0. The van der Waals surface area contributed by atoms with Crippen LogP contribution in [0.2, 0.25) is 0 Å². The molecule has 0 unspecified atom stereocenters. The maximum atomic E-state index is 2.50. The summed E-state index contributed by atoms with van der Waals surface area (Å²) in [6, 6.07) is 64.9. The van der Waals surface area contributed by atoms with Crippen LogP contribution in [-0.4, -0.2) is 18.3 Å². The summed E-state index contributed by atoms with van der Waals surface area (Å²) < 4.78 is 9.85. The van der Waals surface area contributed by atoms with Gasteiger partial charge in [-0.3, -0.25) is 0 Å². The van der Waals surface area contributed by atoms with Gasteiger partial charge in [-0.15, -0.1) is 0 Å². The van der Waals surface area contributed by atoms with Crippen LogP contribution in [0, 0.1) is 0 Å². The molecular weight excluding hydrogens is 801 g/mol.